The van der Waals surface area contributed by atoms with Gasteiger partial charge in [-0.05, 0) is 58.3 Å². The molecule has 3 nitrogen and oxygen atoms in total. The highest BCUT2D eigenvalue weighted by atomic mass is 79.9. The third-order valence-corrected chi connectivity index (χ3v) is 3.69. The molecule has 0 bridgehead atoms. The molecule has 0 saturated heterocycles. The van der Waals surface area contributed by atoms with Crippen molar-refractivity contribution in [3.05, 3.63) is 57.7 Å². The lowest BCUT2D eigenvalue weighted by atomic mass is 10.1. The second kappa shape index (κ2) is 7.57. The van der Waals surface area contributed by atoms with E-state index in [1.807, 2.05) is 36.4 Å². The molecule has 20 heavy (non-hydrogen) atoms. The van der Waals surface area contributed by atoms with Crippen LogP contribution >= 0.6 is 39.7 Å². The first-order chi connectivity index (χ1) is 9.65. The van der Waals surface area contributed by atoms with Crippen molar-refractivity contribution in [3.63, 3.8) is 0 Å². The molecule has 0 amide bonds. The van der Waals surface area contributed by atoms with Crippen molar-refractivity contribution in [3.8, 4) is 0 Å². The van der Waals surface area contributed by atoms with Gasteiger partial charge in [0.25, 0.3) is 0 Å². The number of rotatable bonds is 4. The number of nitrogens with zero attached hydrogens (tertiary/aromatic N) is 1. The van der Waals surface area contributed by atoms with E-state index >= 15 is 0 Å². The summed E-state index contributed by atoms with van der Waals surface area (Å²) in [5, 5.41) is 7.49. The summed E-state index contributed by atoms with van der Waals surface area (Å²) in [4.78, 5) is 4.19. The first-order valence-corrected chi connectivity index (χ1v) is 7.63. The summed E-state index contributed by atoms with van der Waals surface area (Å²) >= 11 is 14.6. The van der Waals surface area contributed by atoms with Crippen LogP contribution in [0, 0.1) is 0 Å². The van der Waals surface area contributed by atoms with Crippen LogP contribution in [0.2, 0.25) is 5.02 Å². The molecule has 2 aromatic rings. The lowest BCUT2D eigenvalue weighted by molar-refractivity contribution is 0.873. The minimum atomic E-state index is 0.548. The maximum absolute atomic E-state index is 6.09. The molecule has 0 spiro atoms. The van der Waals surface area contributed by atoms with Gasteiger partial charge >= 0.3 is 0 Å². The minimum absolute atomic E-state index is 0.548. The average molecular weight is 371 g/mol. The zero-order valence-corrected chi connectivity index (χ0v) is 13.7. The lowest BCUT2D eigenvalue weighted by Gasteiger charge is -2.10. The predicted molar refractivity (Wildman–Crippen MR) is 91.3 cm³/mol. The molecule has 2 N–H and O–H groups in total. The first-order valence-electron chi connectivity index (χ1n) is 6.05. The van der Waals surface area contributed by atoms with E-state index in [4.69, 9.17) is 23.8 Å². The Labute approximate surface area is 136 Å². The Bertz CT molecular complexity index is 589. The molecule has 1 aromatic carbocycles. The Hall–Kier alpha value is -1.17. The van der Waals surface area contributed by atoms with Crippen molar-refractivity contribution >= 4 is 50.7 Å². The fourth-order valence-corrected chi connectivity index (χ4v) is 2.29. The first kappa shape index (κ1) is 15.2. The number of aromatic nitrogens is 1. The molecule has 0 unspecified atom stereocenters. The number of hydrogen-bond donors (Lipinski definition) is 2. The van der Waals surface area contributed by atoms with Crippen molar-refractivity contribution in [2.24, 2.45) is 0 Å². The van der Waals surface area contributed by atoms with E-state index in [1.165, 1.54) is 0 Å². The maximum Gasteiger partial charge on any atom is 0.171 e. The predicted octanol–water partition coefficient (Wildman–Crippen LogP) is 4.03. The third-order valence-electron chi connectivity index (χ3n) is 2.61. The molecule has 0 aliphatic heterocycles. The summed E-state index contributed by atoms with van der Waals surface area (Å²) in [7, 11) is 0. The van der Waals surface area contributed by atoms with Crippen molar-refractivity contribution in [1.82, 2.24) is 10.3 Å². The molecule has 1 aromatic heterocycles. The molecule has 0 saturated carbocycles. The van der Waals surface area contributed by atoms with Crippen LogP contribution in [0.15, 0.2) is 47.1 Å². The van der Waals surface area contributed by atoms with E-state index in [2.05, 4.69) is 31.5 Å². The molecule has 0 aliphatic carbocycles. The number of nitrogens with one attached hydrogen (secondary N) is 2. The van der Waals surface area contributed by atoms with Crippen LogP contribution in [-0.2, 0) is 6.42 Å². The van der Waals surface area contributed by atoms with Gasteiger partial charge in [0.1, 0.15) is 5.82 Å². The van der Waals surface area contributed by atoms with Gasteiger partial charge in [0.2, 0.25) is 0 Å². The van der Waals surface area contributed by atoms with Gasteiger partial charge in [-0.2, -0.15) is 0 Å². The maximum atomic E-state index is 6.09. The molecule has 0 fully saturated rings. The van der Waals surface area contributed by atoms with Gasteiger partial charge in [-0.3, -0.25) is 0 Å². The number of anilines is 1. The van der Waals surface area contributed by atoms with E-state index in [-0.39, 0.29) is 0 Å². The van der Waals surface area contributed by atoms with E-state index in [0.717, 1.165) is 21.5 Å². The zero-order valence-electron chi connectivity index (χ0n) is 10.6. The molecular weight excluding hydrogens is 358 g/mol. The van der Waals surface area contributed by atoms with Gasteiger partial charge < -0.3 is 10.6 Å². The summed E-state index contributed by atoms with van der Waals surface area (Å²) < 4.78 is 0.931. The van der Waals surface area contributed by atoms with Crippen molar-refractivity contribution < 1.29 is 0 Å². The Morgan fingerprint density at radius 2 is 2.05 bits per heavy atom. The number of benzene rings is 1. The second-order valence-corrected chi connectivity index (χ2v) is 5.82. The topological polar surface area (TPSA) is 37.0 Å². The Morgan fingerprint density at radius 1 is 1.25 bits per heavy atom. The van der Waals surface area contributed by atoms with E-state index in [9.17, 15) is 0 Å². The highest BCUT2D eigenvalue weighted by molar-refractivity contribution is 9.10. The van der Waals surface area contributed by atoms with Crippen LogP contribution in [0.5, 0.6) is 0 Å². The van der Waals surface area contributed by atoms with Gasteiger partial charge in [0.05, 0.1) is 0 Å². The van der Waals surface area contributed by atoms with Crippen molar-refractivity contribution in [2.45, 2.75) is 6.42 Å². The molecule has 6 heteroatoms. The van der Waals surface area contributed by atoms with Crippen LogP contribution < -0.4 is 10.6 Å². The highest BCUT2D eigenvalue weighted by Crippen LogP contribution is 2.15. The molecule has 0 radical (unpaired) electrons. The Morgan fingerprint density at radius 3 is 2.75 bits per heavy atom. The van der Waals surface area contributed by atoms with E-state index in [0.29, 0.717) is 17.5 Å². The minimum Gasteiger partial charge on any atom is -0.362 e. The van der Waals surface area contributed by atoms with Crippen LogP contribution in [0.25, 0.3) is 0 Å². The van der Waals surface area contributed by atoms with Crippen LogP contribution in [-0.4, -0.2) is 16.6 Å². The van der Waals surface area contributed by atoms with Crippen LogP contribution in [0.3, 0.4) is 0 Å². The van der Waals surface area contributed by atoms with Crippen molar-refractivity contribution in [1.29, 1.82) is 0 Å². The molecule has 0 aliphatic rings. The average Bonchev–Trinajstić information content (AvgIpc) is 2.43. The summed E-state index contributed by atoms with van der Waals surface area (Å²) in [5.41, 5.74) is 1.10. The van der Waals surface area contributed by atoms with Gasteiger partial charge in [0.15, 0.2) is 5.11 Å². The standard InChI is InChI=1S/C14H13BrClN3S/c15-11-5-6-13(18-9-11)19-14(20)17-8-7-10-3-1-2-4-12(10)16/h1-6,9H,7-8H2,(H2,17,18,19,20). The molecular formula is C14H13BrClN3S. The van der Waals surface area contributed by atoms with Crippen LogP contribution in [0.4, 0.5) is 5.82 Å². The van der Waals surface area contributed by atoms with Gasteiger partial charge in [0, 0.05) is 22.2 Å². The number of thiocarbonyl (C=S) groups is 1. The van der Waals surface area contributed by atoms with Crippen LogP contribution in [0.1, 0.15) is 5.56 Å². The summed E-state index contributed by atoms with van der Waals surface area (Å²) in [6.45, 7) is 0.714. The van der Waals surface area contributed by atoms with Gasteiger partial charge in [-0.15, -0.1) is 0 Å². The zero-order chi connectivity index (χ0) is 14.4. The molecule has 1 heterocycles. The largest absolute Gasteiger partial charge is 0.362 e. The number of halogens is 2. The normalized spacial score (nSPS) is 10.1. The molecule has 0 atom stereocenters. The fraction of sp³-hybridized carbons (Fsp3) is 0.143. The monoisotopic (exact) mass is 369 g/mol. The number of hydrogen-bond acceptors (Lipinski definition) is 2. The third kappa shape index (κ3) is 4.74. The van der Waals surface area contributed by atoms with Crippen molar-refractivity contribution in [2.75, 3.05) is 11.9 Å². The van der Waals surface area contributed by atoms with Gasteiger partial charge in [-0.25, -0.2) is 4.98 Å². The molecule has 104 valence electrons. The quantitative estimate of drug-likeness (QED) is 0.797. The highest BCUT2D eigenvalue weighted by Gasteiger charge is 2.01. The van der Waals surface area contributed by atoms with Gasteiger partial charge in [-0.1, -0.05) is 29.8 Å². The van der Waals surface area contributed by atoms with E-state index < -0.39 is 0 Å². The Balaban J connectivity index is 1.78. The summed E-state index contributed by atoms with van der Waals surface area (Å²) in [6, 6.07) is 11.6. The summed E-state index contributed by atoms with van der Waals surface area (Å²) in [6.07, 6.45) is 2.53. The molecule has 2 rings (SSSR count). The smallest absolute Gasteiger partial charge is 0.171 e. The SMILES string of the molecule is S=C(NCCc1ccccc1Cl)Nc1ccc(Br)cn1. The van der Waals surface area contributed by atoms with E-state index in [1.54, 1.807) is 6.20 Å². The number of pyridine rings is 1. The fourth-order valence-electron chi connectivity index (χ4n) is 1.62. The summed E-state index contributed by atoms with van der Waals surface area (Å²) in [5.74, 6) is 0.712. The lowest BCUT2D eigenvalue weighted by Crippen LogP contribution is -2.30. The Kier molecular flexibility index (Phi) is 5.76. The second-order valence-electron chi connectivity index (χ2n) is 4.08.